The molecular weight excluding hydrogens is 148 g/mol. The molecule has 0 saturated heterocycles. The number of hydrogen-bond acceptors (Lipinski definition) is 4. The zero-order valence-corrected chi connectivity index (χ0v) is 6.26. The number of rotatable bonds is 1. The molecule has 1 rings (SSSR count). The first-order valence-electron chi connectivity index (χ1n) is 2.68. The van der Waals surface area contributed by atoms with Crippen LogP contribution in [0.2, 0.25) is 0 Å². The molecule has 0 radical (unpaired) electrons. The molecule has 0 aliphatic heterocycles. The van der Waals surface area contributed by atoms with Crippen molar-refractivity contribution < 1.29 is 4.79 Å². The Kier molecular flexibility index (Phi) is 2.39. The summed E-state index contributed by atoms with van der Waals surface area (Å²) in [5, 5.41) is 0.000556. The van der Waals surface area contributed by atoms with Crippen molar-refractivity contribution in [2.24, 2.45) is 0 Å². The van der Waals surface area contributed by atoms with Crippen LogP contribution < -0.4 is 0 Å². The van der Waals surface area contributed by atoms with Gasteiger partial charge in [-0.15, -0.1) is 0 Å². The molecular formula is C6H6N2OS. The summed E-state index contributed by atoms with van der Waals surface area (Å²) in [6.45, 7) is 0. The van der Waals surface area contributed by atoms with E-state index in [0.717, 1.165) is 11.8 Å². The molecule has 0 aliphatic carbocycles. The van der Waals surface area contributed by atoms with Crippen molar-refractivity contribution in [3.05, 3.63) is 24.3 Å². The molecule has 0 unspecified atom stereocenters. The van der Waals surface area contributed by atoms with Gasteiger partial charge in [0, 0.05) is 12.4 Å². The van der Waals surface area contributed by atoms with E-state index in [2.05, 4.69) is 9.97 Å². The molecule has 1 heterocycles. The van der Waals surface area contributed by atoms with E-state index in [0.29, 0.717) is 5.56 Å². The lowest BCUT2D eigenvalue weighted by atomic mass is 10.4. The van der Waals surface area contributed by atoms with Crippen LogP contribution in [0.3, 0.4) is 0 Å². The van der Waals surface area contributed by atoms with Crippen molar-refractivity contribution in [1.82, 2.24) is 9.97 Å². The van der Waals surface area contributed by atoms with Crippen molar-refractivity contribution >= 4 is 16.9 Å². The Morgan fingerprint density at radius 1 is 1.50 bits per heavy atom. The first kappa shape index (κ1) is 7.21. The van der Waals surface area contributed by atoms with E-state index < -0.39 is 0 Å². The van der Waals surface area contributed by atoms with Crippen LogP contribution >= 0.6 is 11.8 Å². The van der Waals surface area contributed by atoms with E-state index in [1.807, 2.05) is 0 Å². The Labute approximate surface area is 62.9 Å². The minimum absolute atomic E-state index is 0.000556. The summed E-state index contributed by atoms with van der Waals surface area (Å²) in [5.41, 5.74) is 0.551. The second-order valence-corrected chi connectivity index (χ2v) is 2.40. The number of nitrogens with zero attached hydrogens (tertiary/aromatic N) is 2. The van der Waals surface area contributed by atoms with Gasteiger partial charge in [0.2, 0.25) is 5.12 Å². The van der Waals surface area contributed by atoms with Gasteiger partial charge < -0.3 is 0 Å². The van der Waals surface area contributed by atoms with Crippen LogP contribution in [0, 0.1) is 0 Å². The van der Waals surface area contributed by atoms with Crippen molar-refractivity contribution in [2.45, 2.75) is 0 Å². The zero-order chi connectivity index (χ0) is 7.40. The van der Waals surface area contributed by atoms with Gasteiger partial charge in [0.05, 0.1) is 5.56 Å². The van der Waals surface area contributed by atoms with Gasteiger partial charge in [-0.05, 0) is 6.26 Å². The van der Waals surface area contributed by atoms with E-state index in [1.54, 1.807) is 6.26 Å². The van der Waals surface area contributed by atoms with E-state index in [-0.39, 0.29) is 5.12 Å². The summed E-state index contributed by atoms with van der Waals surface area (Å²) in [4.78, 5) is 18.3. The summed E-state index contributed by atoms with van der Waals surface area (Å²) < 4.78 is 0. The smallest absolute Gasteiger partial charge is 0.222 e. The highest BCUT2D eigenvalue weighted by Gasteiger charge is 2.01. The maximum absolute atomic E-state index is 10.9. The maximum atomic E-state index is 10.9. The van der Waals surface area contributed by atoms with Crippen molar-refractivity contribution in [3.63, 3.8) is 0 Å². The van der Waals surface area contributed by atoms with Gasteiger partial charge in [-0.1, -0.05) is 11.8 Å². The van der Waals surface area contributed by atoms with Crippen molar-refractivity contribution in [3.8, 4) is 0 Å². The van der Waals surface area contributed by atoms with Gasteiger partial charge in [-0.25, -0.2) is 9.97 Å². The average Bonchev–Trinajstić information content (AvgIpc) is 2.05. The van der Waals surface area contributed by atoms with Crippen LogP contribution in [-0.4, -0.2) is 21.3 Å². The molecule has 0 fully saturated rings. The summed E-state index contributed by atoms with van der Waals surface area (Å²) in [7, 11) is 0. The summed E-state index contributed by atoms with van der Waals surface area (Å²) in [5.74, 6) is 0. The summed E-state index contributed by atoms with van der Waals surface area (Å²) >= 11 is 1.16. The Morgan fingerprint density at radius 2 is 2.10 bits per heavy atom. The first-order valence-corrected chi connectivity index (χ1v) is 3.90. The molecule has 0 aliphatic rings. The topological polar surface area (TPSA) is 42.9 Å². The van der Waals surface area contributed by atoms with Crippen LogP contribution in [-0.2, 0) is 0 Å². The van der Waals surface area contributed by atoms with Crippen LogP contribution in [0.15, 0.2) is 18.7 Å². The molecule has 0 atom stereocenters. The molecule has 0 spiro atoms. The highest BCUT2D eigenvalue weighted by Crippen LogP contribution is 2.04. The van der Waals surface area contributed by atoms with Gasteiger partial charge in [0.1, 0.15) is 6.33 Å². The minimum Gasteiger partial charge on any atom is -0.281 e. The van der Waals surface area contributed by atoms with Gasteiger partial charge in [0.15, 0.2) is 0 Å². The molecule has 1 aromatic rings. The lowest BCUT2D eigenvalue weighted by molar-refractivity contribution is 0.108. The normalized spacial score (nSPS) is 9.30. The fourth-order valence-corrected chi connectivity index (χ4v) is 0.863. The van der Waals surface area contributed by atoms with Gasteiger partial charge in [-0.3, -0.25) is 4.79 Å². The predicted octanol–water partition coefficient (Wildman–Crippen LogP) is 0.980. The number of carbonyl (C=O) groups excluding carboxylic acids is 1. The third-order valence-corrected chi connectivity index (χ3v) is 1.59. The summed E-state index contributed by atoms with van der Waals surface area (Å²) in [6, 6.07) is 0. The molecule has 0 aromatic carbocycles. The lowest BCUT2D eigenvalue weighted by Gasteiger charge is -1.91. The molecule has 3 nitrogen and oxygen atoms in total. The number of hydrogen-bond donors (Lipinski definition) is 0. The van der Waals surface area contributed by atoms with Gasteiger partial charge in [-0.2, -0.15) is 0 Å². The van der Waals surface area contributed by atoms with Crippen LogP contribution in [0.25, 0.3) is 0 Å². The Balaban J connectivity index is 2.85. The van der Waals surface area contributed by atoms with Crippen LogP contribution in [0.1, 0.15) is 10.4 Å². The molecule has 1 aromatic heterocycles. The Hall–Kier alpha value is -0.900. The molecule has 0 bridgehead atoms. The first-order chi connectivity index (χ1) is 4.84. The quantitative estimate of drug-likeness (QED) is 0.604. The lowest BCUT2D eigenvalue weighted by Crippen LogP contribution is -1.93. The van der Waals surface area contributed by atoms with Crippen molar-refractivity contribution in [1.29, 1.82) is 0 Å². The van der Waals surface area contributed by atoms with Crippen LogP contribution in [0.5, 0.6) is 0 Å². The molecule has 52 valence electrons. The average molecular weight is 154 g/mol. The molecule has 4 heteroatoms. The highest BCUT2D eigenvalue weighted by molar-refractivity contribution is 8.13. The van der Waals surface area contributed by atoms with E-state index in [9.17, 15) is 4.79 Å². The van der Waals surface area contributed by atoms with Crippen molar-refractivity contribution in [2.75, 3.05) is 6.26 Å². The van der Waals surface area contributed by atoms with Crippen LogP contribution in [0.4, 0.5) is 0 Å². The molecule has 0 saturated carbocycles. The predicted molar refractivity (Wildman–Crippen MR) is 39.9 cm³/mol. The standard InChI is InChI=1S/C6H6N2OS/c1-10-6(9)5-2-7-4-8-3-5/h2-4H,1H3. The third kappa shape index (κ3) is 1.54. The molecule has 0 amide bonds. The third-order valence-electron chi connectivity index (χ3n) is 0.982. The fraction of sp³-hybridized carbons (Fsp3) is 0.167. The number of thioether (sulfide) groups is 1. The van der Waals surface area contributed by atoms with Gasteiger partial charge >= 0.3 is 0 Å². The number of aromatic nitrogens is 2. The van der Waals surface area contributed by atoms with E-state index in [4.69, 9.17) is 0 Å². The number of carbonyl (C=O) groups is 1. The largest absolute Gasteiger partial charge is 0.281 e. The Bertz CT molecular complexity index is 224. The second-order valence-electron chi connectivity index (χ2n) is 1.62. The Morgan fingerprint density at radius 3 is 2.60 bits per heavy atom. The van der Waals surface area contributed by atoms with E-state index in [1.165, 1.54) is 18.7 Å². The minimum atomic E-state index is 0.000556. The maximum Gasteiger partial charge on any atom is 0.222 e. The van der Waals surface area contributed by atoms with E-state index >= 15 is 0 Å². The van der Waals surface area contributed by atoms with Gasteiger partial charge in [0.25, 0.3) is 0 Å². The summed E-state index contributed by atoms with van der Waals surface area (Å²) in [6.07, 6.45) is 6.14. The zero-order valence-electron chi connectivity index (χ0n) is 5.44. The monoisotopic (exact) mass is 154 g/mol. The SMILES string of the molecule is CSC(=O)c1cncnc1. The fourth-order valence-electron chi connectivity index (χ4n) is 0.522. The molecule has 10 heavy (non-hydrogen) atoms. The highest BCUT2D eigenvalue weighted by atomic mass is 32.2. The second kappa shape index (κ2) is 3.31. The molecule has 0 N–H and O–H groups in total.